The van der Waals surface area contributed by atoms with Crippen molar-refractivity contribution >= 4 is 64.2 Å². The summed E-state index contributed by atoms with van der Waals surface area (Å²) in [5.74, 6) is 0. The van der Waals surface area contributed by atoms with E-state index in [1.165, 1.54) is 84.9 Å². The first-order valence-electron chi connectivity index (χ1n) is 10.9. The van der Waals surface area contributed by atoms with E-state index in [1.54, 1.807) is 0 Å². The van der Waals surface area contributed by atoms with Crippen LogP contribution in [0.1, 0.15) is 38.2 Å². The van der Waals surface area contributed by atoms with E-state index in [1.807, 2.05) is 22.7 Å². The second-order valence-corrected chi connectivity index (χ2v) is 10.0. The topological polar surface area (TPSA) is 20.7 Å². The number of hydrogen-bond donors (Lipinski definition) is 1. The highest BCUT2D eigenvalue weighted by atomic mass is 32.1. The molecule has 6 rings (SSSR count). The van der Waals surface area contributed by atoms with Gasteiger partial charge in [0.1, 0.15) is 0 Å². The number of thiophene rings is 2. The third-order valence-electron chi connectivity index (χ3n) is 6.14. The van der Waals surface area contributed by atoms with Crippen molar-refractivity contribution in [2.45, 2.75) is 39.0 Å². The van der Waals surface area contributed by atoms with Crippen molar-refractivity contribution in [3.8, 4) is 5.69 Å². The lowest BCUT2D eigenvalue weighted by Gasteiger charge is -2.08. The molecule has 0 saturated carbocycles. The first-order chi connectivity index (χ1) is 14.8. The third kappa shape index (κ3) is 2.74. The molecule has 2 aromatic carbocycles. The Kier molecular flexibility index (Phi) is 4.43. The van der Waals surface area contributed by atoms with Crippen molar-refractivity contribution in [3.63, 3.8) is 0 Å². The molecule has 0 aliphatic heterocycles. The first kappa shape index (κ1) is 18.2. The summed E-state index contributed by atoms with van der Waals surface area (Å²) in [4.78, 5) is 3.71. The number of aromatic amines is 1. The van der Waals surface area contributed by atoms with Gasteiger partial charge in [0, 0.05) is 16.6 Å². The lowest BCUT2D eigenvalue weighted by atomic mass is 10.1. The van der Waals surface area contributed by atoms with Gasteiger partial charge in [-0.3, -0.25) is 0 Å². The Morgan fingerprint density at radius 2 is 1.73 bits per heavy atom. The van der Waals surface area contributed by atoms with Crippen LogP contribution < -0.4 is 0 Å². The largest absolute Gasteiger partial charge is 0.352 e. The number of nitrogens with zero attached hydrogens (tertiary/aromatic N) is 1. The second-order valence-electron chi connectivity index (χ2n) is 8.10. The Balaban J connectivity index is 1.50. The molecular formula is C26H24N2S2. The molecule has 0 saturated heterocycles. The van der Waals surface area contributed by atoms with Crippen LogP contribution in [0, 0.1) is 0 Å². The number of rotatable bonds is 6. The lowest BCUT2D eigenvalue weighted by molar-refractivity contribution is 0.667. The number of unbranched alkanes of at least 4 members (excludes halogenated alkanes) is 3. The Labute approximate surface area is 183 Å². The number of benzene rings is 2. The van der Waals surface area contributed by atoms with Crippen LogP contribution in [-0.2, 0) is 6.42 Å². The van der Waals surface area contributed by atoms with Crippen LogP contribution in [0.25, 0.3) is 47.2 Å². The number of nitrogens with one attached hydrogen (secondary N) is 1. The molecule has 6 aromatic rings. The maximum Gasteiger partial charge on any atom is 0.0901 e. The van der Waals surface area contributed by atoms with Crippen LogP contribution in [0.5, 0.6) is 0 Å². The highest BCUT2D eigenvalue weighted by Gasteiger charge is 2.21. The molecule has 4 heterocycles. The molecule has 30 heavy (non-hydrogen) atoms. The third-order valence-corrected chi connectivity index (χ3v) is 8.42. The normalized spacial score (nSPS) is 12.2. The lowest BCUT2D eigenvalue weighted by Crippen LogP contribution is -1.94. The summed E-state index contributed by atoms with van der Waals surface area (Å²) in [6, 6.07) is 20.2. The SMILES string of the molecule is CCCCCCc1ccc(-n2c3ccsc3c3sc4c5ccccc5[nH]c4c32)cc1. The molecule has 0 bridgehead atoms. The zero-order chi connectivity index (χ0) is 20.1. The Hall–Kier alpha value is -2.56. The average molecular weight is 429 g/mol. The monoisotopic (exact) mass is 428 g/mol. The summed E-state index contributed by atoms with van der Waals surface area (Å²) < 4.78 is 6.62. The fourth-order valence-corrected chi connectivity index (χ4v) is 6.94. The number of aryl methyl sites for hydroxylation is 1. The summed E-state index contributed by atoms with van der Waals surface area (Å²) in [7, 11) is 0. The van der Waals surface area contributed by atoms with E-state index in [4.69, 9.17) is 0 Å². The standard InChI is InChI=1S/C26H24N2S2/c1-2-3-4-5-8-17-11-13-18(14-12-17)28-21-15-16-29-25(21)26-23(28)22-24(30-26)19-9-6-7-10-20(19)27-22/h6-7,9-16,27H,2-5,8H2,1H3. The Morgan fingerprint density at radius 3 is 2.60 bits per heavy atom. The highest BCUT2D eigenvalue weighted by Crippen LogP contribution is 2.46. The molecule has 0 aliphatic rings. The maximum atomic E-state index is 3.71. The summed E-state index contributed by atoms with van der Waals surface area (Å²) >= 11 is 3.78. The zero-order valence-corrected chi connectivity index (χ0v) is 18.7. The summed E-state index contributed by atoms with van der Waals surface area (Å²) in [5, 5.41) is 3.54. The molecule has 4 heteroatoms. The van der Waals surface area contributed by atoms with E-state index in [9.17, 15) is 0 Å². The molecule has 0 amide bonds. The van der Waals surface area contributed by atoms with Gasteiger partial charge in [-0.05, 0) is 48.1 Å². The van der Waals surface area contributed by atoms with Gasteiger partial charge in [0.15, 0.2) is 0 Å². The van der Waals surface area contributed by atoms with Crippen LogP contribution in [-0.4, -0.2) is 9.55 Å². The predicted octanol–water partition coefficient (Wildman–Crippen LogP) is 8.66. The zero-order valence-electron chi connectivity index (χ0n) is 17.1. The van der Waals surface area contributed by atoms with Crippen molar-refractivity contribution in [1.82, 2.24) is 9.55 Å². The van der Waals surface area contributed by atoms with Gasteiger partial charge in [-0.15, -0.1) is 22.7 Å². The van der Waals surface area contributed by atoms with Crippen LogP contribution in [0.15, 0.2) is 60.0 Å². The van der Waals surface area contributed by atoms with Crippen molar-refractivity contribution < 1.29 is 0 Å². The van der Waals surface area contributed by atoms with Gasteiger partial charge < -0.3 is 9.55 Å². The fraction of sp³-hybridized carbons (Fsp3) is 0.231. The van der Waals surface area contributed by atoms with Crippen LogP contribution in [0.3, 0.4) is 0 Å². The van der Waals surface area contributed by atoms with Crippen LogP contribution in [0.4, 0.5) is 0 Å². The van der Waals surface area contributed by atoms with Gasteiger partial charge >= 0.3 is 0 Å². The summed E-state index contributed by atoms with van der Waals surface area (Å²) in [5.41, 5.74) is 7.83. The molecule has 0 spiro atoms. The smallest absolute Gasteiger partial charge is 0.0901 e. The van der Waals surface area contributed by atoms with E-state index in [0.717, 1.165) is 0 Å². The Bertz CT molecular complexity index is 1470. The molecule has 2 nitrogen and oxygen atoms in total. The van der Waals surface area contributed by atoms with Crippen molar-refractivity contribution in [3.05, 3.63) is 65.5 Å². The molecule has 1 N–H and O–H groups in total. The molecular weight excluding hydrogens is 404 g/mol. The van der Waals surface area contributed by atoms with Crippen molar-refractivity contribution in [2.75, 3.05) is 0 Å². The number of aromatic nitrogens is 2. The maximum absolute atomic E-state index is 3.71. The van der Waals surface area contributed by atoms with Crippen LogP contribution in [0.2, 0.25) is 0 Å². The van der Waals surface area contributed by atoms with Gasteiger partial charge in [-0.2, -0.15) is 0 Å². The molecule has 150 valence electrons. The van der Waals surface area contributed by atoms with Gasteiger partial charge in [0.2, 0.25) is 0 Å². The van der Waals surface area contributed by atoms with E-state index < -0.39 is 0 Å². The number of para-hydroxylation sites is 1. The van der Waals surface area contributed by atoms with Gasteiger partial charge in [0.25, 0.3) is 0 Å². The molecule has 0 fully saturated rings. The minimum atomic E-state index is 1.18. The summed E-state index contributed by atoms with van der Waals surface area (Å²) in [6.07, 6.45) is 6.44. The second kappa shape index (κ2) is 7.29. The van der Waals surface area contributed by atoms with Gasteiger partial charge in [0.05, 0.1) is 30.6 Å². The minimum absolute atomic E-state index is 1.18. The van der Waals surface area contributed by atoms with E-state index in [0.29, 0.717) is 0 Å². The number of H-pyrrole nitrogens is 1. The van der Waals surface area contributed by atoms with E-state index in [-0.39, 0.29) is 0 Å². The quantitative estimate of drug-likeness (QED) is 0.256. The first-order valence-corrected chi connectivity index (χ1v) is 12.5. The fourth-order valence-electron chi connectivity index (χ4n) is 4.62. The van der Waals surface area contributed by atoms with E-state index >= 15 is 0 Å². The molecule has 0 atom stereocenters. The Morgan fingerprint density at radius 1 is 0.867 bits per heavy atom. The number of hydrogen-bond acceptors (Lipinski definition) is 2. The summed E-state index contributed by atoms with van der Waals surface area (Å²) in [6.45, 7) is 2.27. The van der Waals surface area contributed by atoms with Gasteiger partial charge in [-0.25, -0.2) is 0 Å². The van der Waals surface area contributed by atoms with Crippen molar-refractivity contribution in [2.24, 2.45) is 0 Å². The molecule has 0 aliphatic carbocycles. The van der Waals surface area contributed by atoms with E-state index in [2.05, 4.69) is 76.5 Å². The van der Waals surface area contributed by atoms with Crippen molar-refractivity contribution in [1.29, 1.82) is 0 Å². The minimum Gasteiger partial charge on any atom is -0.352 e. The molecule has 0 unspecified atom stereocenters. The molecule has 0 radical (unpaired) electrons. The highest BCUT2D eigenvalue weighted by molar-refractivity contribution is 7.31. The predicted molar refractivity (Wildman–Crippen MR) is 134 cm³/mol. The number of fused-ring (bicyclic) bond motifs is 7. The average Bonchev–Trinajstić information content (AvgIpc) is 3.51. The van der Waals surface area contributed by atoms with Gasteiger partial charge in [-0.1, -0.05) is 56.5 Å². The molecule has 4 aromatic heterocycles. The van der Waals surface area contributed by atoms with Crippen LogP contribution >= 0.6 is 22.7 Å².